The minimum Gasteiger partial charge on any atom is -0.365 e. The van der Waals surface area contributed by atoms with Crippen molar-refractivity contribution in [1.29, 1.82) is 0 Å². The minimum absolute atomic E-state index is 0.525. The number of hydrogen-bond donors (Lipinski definition) is 2. The lowest BCUT2D eigenvalue weighted by atomic mass is 10.0. The normalized spacial score (nSPS) is 11.2. The van der Waals surface area contributed by atoms with Gasteiger partial charge in [-0.1, -0.05) is 49.7 Å². The molecule has 4 aromatic rings. The first-order valence-corrected chi connectivity index (χ1v) is 9.94. The molecular weight excluding hydrogens is 384 g/mol. The van der Waals surface area contributed by atoms with E-state index < -0.39 is 0 Å². The fraction of sp³-hybridized carbons (Fsp3) is 0.227. The first-order valence-electron chi connectivity index (χ1n) is 9.57. The average Bonchev–Trinajstić information content (AvgIpc) is 3.18. The first kappa shape index (κ1) is 19.2. The van der Waals surface area contributed by atoms with E-state index in [0.29, 0.717) is 29.1 Å². The van der Waals surface area contributed by atoms with Gasteiger partial charge in [0.2, 0.25) is 0 Å². The lowest BCUT2D eigenvalue weighted by molar-refractivity contribution is 0.867. The van der Waals surface area contributed by atoms with Gasteiger partial charge in [-0.05, 0) is 48.2 Å². The van der Waals surface area contributed by atoms with Gasteiger partial charge in [-0.3, -0.25) is 0 Å². The molecule has 0 radical (unpaired) electrons. The van der Waals surface area contributed by atoms with Gasteiger partial charge in [-0.15, -0.1) is 0 Å². The standard InChI is InChI=1S/C22H23ClN6/c1-14(2)17-6-10-19(11-7-17)28-18-8-4-16(5-9-18)12-24-21-20(23)15(3)27-22-25-13-26-29(21)22/h4-11,13-14,24,28H,12H2,1-3H3. The molecule has 148 valence electrons. The summed E-state index contributed by atoms with van der Waals surface area (Å²) in [5, 5.41) is 11.5. The van der Waals surface area contributed by atoms with Crippen LogP contribution in [-0.4, -0.2) is 19.6 Å². The summed E-state index contributed by atoms with van der Waals surface area (Å²) in [7, 11) is 0. The van der Waals surface area contributed by atoms with Crippen molar-refractivity contribution in [3.05, 3.63) is 76.7 Å². The lowest BCUT2D eigenvalue weighted by Crippen LogP contribution is -2.08. The maximum Gasteiger partial charge on any atom is 0.254 e. The number of aryl methyl sites for hydroxylation is 1. The van der Waals surface area contributed by atoms with Crippen LogP contribution < -0.4 is 10.6 Å². The molecule has 0 spiro atoms. The van der Waals surface area contributed by atoms with Crippen molar-refractivity contribution < 1.29 is 0 Å². The largest absolute Gasteiger partial charge is 0.365 e. The van der Waals surface area contributed by atoms with Crippen molar-refractivity contribution >= 4 is 34.6 Å². The predicted molar refractivity (Wildman–Crippen MR) is 118 cm³/mol. The molecule has 0 saturated heterocycles. The summed E-state index contributed by atoms with van der Waals surface area (Å²) in [6, 6.07) is 16.9. The van der Waals surface area contributed by atoms with Gasteiger partial charge in [-0.25, -0.2) is 4.98 Å². The summed E-state index contributed by atoms with van der Waals surface area (Å²) < 4.78 is 1.62. The Hall–Kier alpha value is -3.12. The Labute approximate surface area is 175 Å². The van der Waals surface area contributed by atoms with Gasteiger partial charge in [0, 0.05) is 17.9 Å². The van der Waals surface area contributed by atoms with Crippen LogP contribution in [0.5, 0.6) is 0 Å². The number of hydrogen-bond acceptors (Lipinski definition) is 5. The van der Waals surface area contributed by atoms with E-state index in [-0.39, 0.29) is 0 Å². The third kappa shape index (κ3) is 4.17. The van der Waals surface area contributed by atoms with E-state index in [1.807, 2.05) is 6.92 Å². The molecule has 2 aromatic heterocycles. The Bertz CT molecular complexity index is 1120. The second-order valence-electron chi connectivity index (χ2n) is 7.28. The Balaban J connectivity index is 1.44. The molecule has 4 rings (SSSR count). The van der Waals surface area contributed by atoms with Crippen LogP contribution in [0.3, 0.4) is 0 Å². The second kappa shape index (κ2) is 8.09. The van der Waals surface area contributed by atoms with Gasteiger partial charge < -0.3 is 10.6 Å². The van der Waals surface area contributed by atoms with Crippen molar-refractivity contribution in [3.63, 3.8) is 0 Å². The Kier molecular flexibility index (Phi) is 5.36. The highest BCUT2D eigenvalue weighted by Gasteiger charge is 2.12. The SMILES string of the molecule is Cc1nc2ncnn2c(NCc2ccc(Nc3ccc(C(C)C)cc3)cc2)c1Cl. The number of rotatable bonds is 6. The number of nitrogens with zero attached hydrogens (tertiary/aromatic N) is 4. The molecule has 0 aliphatic heterocycles. The summed E-state index contributed by atoms with van der Waals surface area (Å²) in [6.45, 7) is 6.87. The predicted octanol–water partition coefficient (Wildman–Crippen LogP) is 5.57. The number of aromatic nitrogens is 4. The van der Waals surface area contributed by atoms with Crippen molar-refractivity contribution in [2.45, 2.75) is 33.2 Å². The summed E-state index contributed by atoms with van der Waals surface area (Å²) in [5.74, 6) is 1.75. The molecule has 0 aliphatic rings. The van der Waals surface area contributed by atoms with E-state index in [0.717, 1.165) is 22.6 Å². The molecule has 0 aliphatic carbocycles. The summed E-state index contributed by atoms with van der Waals surface area (Å²) in [6.07, 6.45) is 1.47. The molecule has 29 heavy (non-hydrogen) atoms. The van der Waals surface area contributed by atoms with Gasteiger partial charge >= 0.3 is 0 Å². The fourth-order valence-corrected chi connectivity index (χ4v) is 3.28. The molecule has 0 bridgehead atoms. The highest BCUT2D eigenvalue weighted by Crippen LogP contribution is 2.25. The van der Waals surface area contributed by atoms with E-state index in [9.17, 15) is 0 Å². The number of fused-ring (bicyclic) bond motifs is 1. The number of nitrogens with one attached hydrogen (secondary N) is 2. The quantitative estimate of drug-likeness (QED) is 0.438. The molecule has 2 aromatic carbocycles. The fourth-order valence-electron chi connectivity index (χ4n) is 3.10. The van der Waals surface area contributed by atoms with E-state index in [2.05, 4.69) is 88.1 Å². The second-order valence-corrected chi connectivity index (χ2v) is 7.66. The molecule has 6 nitrogen and oxygen atoms in total. The number of anilines is 3. The monoisotopic (exact) mass is 406 g/mol. The summed E-state index contributed by atoms with van der Waals surface area (Å²) >= 11 is 6.42. The Morgan fingerprint density at radius 1 is 1.00 bits per heavy atom. The van der Waals surface area contributed by atoms with E-state index in [4.69, 9.17) is 11.6 Å². The van der Waals surface area contributed by atoms with Crippen LogP contribution in [0.1, 0.15) is 36.6 Å². The maximum atomic E-state index is 6.42. The summed E-state index contributed by atoms with van der Waals surface area (Å²) in [4.78, 5) is 8.46. The first-order chi connectivity index (χ1) is 14.0. The molecule has 0 saturated carbocycles. The smallest absolute Gasteiger partial charge is 0.254 e. The third-order valence-corrected chi connectivity index (χ3v) is 5.27. The van der Waals surface area contributed by atoms with Gasteiger partial charge in [0.05, 0.1) is 5.69 Å². The van der Waals surface area contributed by atoms with Crippen molar-refractivity contribution in [3.8, 4) is 0 Å². The molecule has 7 heteroatoms. The number of halogens is 1. The highest BCUT2D eigenvalue weighted by molar-refractivity contribution is 6.33. The van der Waals surface area contributed by atoms with Gasteiger partial charge in [-0.2, -0.15) is 14.6 Å². The topological polar surface area (TPSA) is 67.1 Å². The van der Waals surface area contributed by atoms with Crippen molar-refractivity contribution in [2.75, 3.05) is 10.6 Å². The van der Waals surface area contributed by atoms with Crippen LogP contribution in [0.15, 0.2) is 54.9 Å². The van der Waals surface area contributed by atoms with Crippen molar-refractivity contribution in [2.24, 2.45) is 0 Å². The third-order valence-electron chi connectivity index (χ3n) is 4.81. The van der Waals surface area contributed by atoms with Crippen molar-refractivity contribution in [1.82, 2.24) is 19.6 Å². The molecule has 0 fully saturated rings. The zero-order valence-corrected chi connectivity index (χ0v) is 17.4. The molecular formula is C22H23ClN6. The maximum absolute atomic E-state index is 6.42. The molecule has 0 amide bonds. The van der Waals surface area contributed by atoms with Crippen LogP contribution in [0.2, 0.25) is 5.02 Å². The van der Waals surface area contributed by atoms with E-state index >= 15 is 0 Å². The average molecular weight is 407 g/mol. The zero-order chi connectivity index (χ0) is 20.4. The van der Waals surface area contributed by atoms with Crippen LogP contribution >= 0.6 is 11.6 Å². The Morgan fingerprint density at radius 2 is 1.66 bits per heavy atom. The molecule has 2 heterocycles. The lowest BCUT2D eigenvalue weighted by Gasteiger charge is -2.12. The molecule has 2 N–H and O–H groups in total. The summed E-state index contributed by atoms with van der Waals surface area (Å²) in [5.41, 5.74) is 5.31. The zero-order valence-electron chi connectivity index (χ0n) is 16.6. The van der Waals surface area contributed by atoms with Gasteiger partial charge in [0.15, 0.2) is 5.82 Å². The van der Waals surface area contributed by atoms with Gasteiger partial charge in [0.25, 0.3) is 5.78 Å². The van der Waals surface area contributed by atoms with Crippen LogP contribution in [0.25, 0.3) is 5.78 Å². The van der Waals surface area contributed by atoms with Gasteiger partial charge in [0.1, 0.15) is 11.3 Å². The van der Waals surface area contributed by atoms with E-state index in [1.54, 1.807) is 4.52 Å². The Morgan fingerprint density at radius 3 is 2.31 bits per heavy atom. The number of benzene rings is 2. The minimum atomic E-state index is 0.525. The van der Waals surface area contributed by atoms with Crippen LogP contribution in [-0.2, 0) is 6.54 Å². The van der Waals surface area contributed by atoms with Crippen LogP contribution in [0, 0.1) is 6.92 Å². The molecule has 0 unspecified atom stereocenters. The highest BCUT2D eigenvalue weighted by atomic mass is 35.5. The molecule has 0 atom stereocenters. The van der Waals surface area contributed by atoms with Crippen LogP contribution in [0.4, 0.5) is 17.2 Å². The van der Waals surface area contributed by atoms with E-state index in [1.165, 1.54) is 11.9 Å².